The summed E-state index contributed by atoms with van der Waals surface area (Å²) in [6.45, 7) is 2.85. The molecular formula is C20H23ClN2O6S2. The number of morpholine rings is 1. The van der Waals surface area contributed by atoms with Gasteiger partial charge in [-0.1, -0.05) is 23.7 Å². The summed E-state index contributed by atoms with van der Waals surface area (Å²) < 4.78 is 55.5. The number of nitrogens with zero attached hydrogens (tertiary/aromatic N) is 1. The zero-order chi connectivity index (χ0) is 22.8. The molecule has 1 saturated heterocycles. The SMILES string of the molecule is C[C@@H](NC(=O)c1cc(S(=O)(=O)N2CCOCC2)ccc1Cl)c1ccc(S(C)(=O)=O)cc1. The fraction of sp³-hybridized carbons (Fsp3) is 0.350. The summed E-state index contributed by atoms with van der Waals surface area (Å²) in [5, 5.41) is 2.89. The van der Waals surface area contributed by atoms with E-state index >= 15 is 0 Å². The Kier molecular flexibility index (Phi) is 7.07. The zero-order valence-electron chi connectivity index (χ0n) is 17.0. The lowest BCUT2D eigenvalue weighted by molar-refractivity contribution is 0.0730. The van der Waals surface area contributed by atoms with Crippen LogP contribution in [-0.2, 0) is 24.6 Å². The van der Waals surface area contributed by atoms with E-state index in [1.165, 1.54) is 34.6 Å². The summed E-state index contributed by atoms with van der Waals surface area (Å²) in [6.07, 6.45) is 1.12. The number of hydrogen-bond acceptors (Lipinski definition) is 6. The van der Waals surface area contributed by atoms with Gasteiger partial charge in [0, 0.05) is 19.3 Å². The second kappa shape index (κ2) is 9.25. The van der Waals surface area contributed by atoms with Crippen molar-refractivity contribution in [3.8, 4) is 0 Å². The lowest BCUT2D eigenvalue weighted by Crippen LogP contribution is -2.40. The first-order chi connectivity index (χ1) is 14.5. The average Bonchev–Trinajstić information content (AvgIpc) is 2.74. The lowest BCUT2D eigenvalue weighted by Gasteiger charge is -2.26. The molecule has 1 fully saturated rings. The van der Waals surface area contributed by atoms with E-state index in [1.54, 1.807) is 19.1 Å². The van der Waals surface area contributed by atoms with Crippen molar-refractivity contribution >= 4 is 37.4 Å². The summed E-state index contributed by atoms with van der Waals surface area (Å²) in [6, 6.07) is 9.72. The quantitative estimate of drug-likeness (QED) is 0.670. The molecule has 0 bridgehead atoms. The van der Waals surface area contributed by atoms with Crippen LogP contribution in [0.15, 0.2) is 52.3 Å². The molecule has 1 heterocycles. The third kappa shape index (κ3) is 5.45. The van der Waals surface area contributed by atoms with Gasteiger partial charge in [-0.2, -0.15) is 4.31 Å². The second-order valence-corrected chi connectivity index (χ2v) is 11.6. The van der Waals surface area contributed by atoms with Gasteiger partial charge in [0.2, 0.25) is 10.0 Å². The maximum Gasteiger partial charge on any atom is 0.253 e. The highest BCUT2D eigenvalue weighted by atomic mass is 35.5. The van der Waals surface area contributed by atoms with Crippen LogP contribution < -0.4 is 5.32 Å². The van der Waals surface area contributed by atoms with Gasteiger partial charge in [0.15, 0.2) is 9.84 Å². The number of hydrogen-bond donors (Lipinski definition) is 1. The van der Waals surface area contributed by atoms with E-state index in [1.807, 2.05) is 0 Å². The van der Waals surface area contributed by atoms with Gasteiger partial charge in [-0.05, 0) is 42.8 Å². The summed E-state index contributed by atoms with van der Waals surface area (Å²) in [7, 11) is -7.10. The molecule has 0 aliphatic carbocycles. The molecule has 1 aliphatic heterocycles. The average molecular weight is 487 g/mol. The first-order valence-corrected chi connectivity index (χ1v) is 13.2. The standard InChI is InChI=1S/C20H23ClN2O6S2/c1-14(15-3-5-16(6-4-15)30(2,25)26)22-20(24)18-13-17(7-8-19(18)21)31(27,28)23-9-11-29-12-10-23/h3-8,13-14H,9-12H2,1-2H3,(H,22,24)/t14-/m1/s1. The molecule has 1 amide bonds. The van der Waals surface area contributed by atoms with Crippen LogP contribution in [0.5, 0.6) is 0 Å². The summed E-state index contributed by atoms with van der Waals surface area (Å²) >= 11 is 6.17. The van der Waals surface area contributed by atoms with Gasteiger partial charge in [0.1, 0.15) is 0 Å². The number of benzene rings is 2. The molecule has 31 heavy (non-hydrogen) atoms. The summed E-state index contributed by atoms with van der Waals surface area (Å²) in [4.78, 5) is 13.0. The van der Waals surface area contributed by atoms with Crippen molar-refractivity contribution in [3.05, 3.63) is 58.6 Å². The maximum absolute atomic E-state index is 12.9. The Morgan fingerprint density at radius 1 is 1.03 bits per heavy atom. The van der Waals surface area contributed by atoms with Crippen LogP contribution in [0, 0.1) is 0 Å². The van der Waals surface area contributed by atoms with Gasteiger partial charge in [0.25, 0.3) is 5.91 Å². The van der Waals surface area contributed by atoms with Gasteiger partial charge in [0.05, 0.1) is 39.6 Å². The van der Waals surface area contributed by atoms with Crippen LogP contribution in [0.25, 0.3) is 0 Å². The number of halogens is 1. The Morgan fingerprint density at radius 3 is 2.19 bits per heavy atom. The molecule has 1 atom stereocenters. The second-order valence-electron chi connectivity index (χ2n) is 7.19. The van der Waals surface area contributed by atoms with Gasteiger partial charge < -0.3 is 10.1 Å². The number of nitrogens with one attached hydrogen (secondary N) is 1. The maximum atomic E-state index is 12.9. The Bertz CT molecular complexity index is 1170. The zero-order valence-corrected chi connectivity index (χ0v) is 19.4. The number of sulfonamides is 1. The fourth-order valence-corrected chi connectivity index (χ4v) is 5.40. The van der Waals surface area contributed by atoms with E-state index in [0.29, 0.717) is 18.8 Å². The van der Waals surface area contributed by atoms with Crippen molar-refractivity contribution in [1.82, 2.24) is 9.62 Å². The molecule has 11 heteroatoms. The highest BCUT2D eigenvalue weighted by Gasteiger charge is 2.28. The topological polar surface area (TPSA) is 110 Å². The third-order valence-corrected chi connectivity index (χ3v) is 8.30. The Labute approximate surface area is 187 Å². The Hall–Kier alpha value is -1.98. The number of carbonyl (C=O) groups excluding carboxylic acids is 1. The first kappa shape index (κ1) is 23.7. The van der Waals surface area contributed by atoms with Crippen molar-refractivity contribution < 1.29 is 26.4 Å². The van der Waals surface area contributed by atoms with Crippen molar-refractivity contribution in [2.45, 2.75) is 22.8 Å². The van der Waals surface area contributed by atoms with E-state index in [2.05, 4.69) is 5.32 Å². The predicted octanol–water partition coefficient (Wildman–Crippen LogP) is 2.26. The van der Waals surface area contributed by atoms with Crippen LogP contribution in [0.4, 0.5) is 0 Å². The van der Waals surface area contributed by atoms with Crippen LogP contribution in [-0.4, -0.2) is 59.6 Å². The number of ether oxygens (including phenoxy) is 1. The Morgan fingerprint density at radius 2 is 1.61 bits per heavy atom. The minimum Gasteiger partial charge on any atom is -0.379 e. The van der Waals surface area contributed by atoms with E-state index in [4.69, 9.17) is 16.3 Å². The predicted molar refractivity (Wildman–Crippen MR) is 116 cm³/mol. The minimum absolute atomic E-state index is 0.0193. The van der Waals surface area contributed by atoms with Gasteiger partial charge >= 0.3 is 0 Å². The number of sulfone groups is 1. The number of rotatable bonds is 6. The highest BCUT2D eigenvalue weighted by molar-refractivity contribution is 7.90. The molecule has 0 saturated carbocycles. The van der Waals surface area contributed by atoms with Crippen LogP contribution >= 0.6 is 11.6 Å². The van der Waals surface area contributed by atoms with E-state index in [0.717, 1.165) is 6.26 Å². The normalized spacial score (nSPS) is 16.6. The van der Waals surface area contributed by atoms with E-state index in [9.17, 15) is 21.6 Å². The first-order valence-electron chi connectivity index (χ1n) is 9.48. The molecule has 8 nitrogen and oxygen atoms in total. The molecule has 1 aliphatic rings. The van der Waals surface area contributed by atoms with Crippen molar-refractivity contribution in [2.24, 2.45) is 0 Å². The van der Waals surface area contributed by atoms with Crippen molar-refractivity contribution in [1.29, 1.82) is 0 Å². The van der Waals surface area contributed by atoms with Crippen LogP contribution in [0.3, 0.4) is 0 Å². The molecule has 2 aromatic carbocycles. The van der Waals surface area contributed by atoms with Crippen LogP contribution in [0.1, 0.15) is 28.9 Å². The molecule has 3 rings (SSSR count). The lowest BCUT2D eigenvalue weighted by atomic mass is 10.1. The third-order valence-electron chi connectivity index (χ3n) is 4.95. The minimum atomic E-state index is -3.78. The molecule has 0 radical (unpaired) electrons. The largest absolute Gasteiger partial charge is 0.379 e. The Balaban J connectivity index is 1.80. The van der Waals surface area contributed by atoms with Gasteiger partial charge in [-0.15, -0.1) is 0 Å². The molecule has 0 aromatic heterocycles. The molecule has 0 unspecified atom stereocenters. The van der Waals surface area contributed by atoms with E-state index in [-0.39, 0.29) is 33.5 Å². The molecule has 1 N–H and O–H groups in total. The molecule has 168 valence electrons. The number of amides is 1. The van der Waals surface area contributed by atoms with Crippen molar-refractivity contribution in [3.63, 3.8) is 0 Å². The monoisotopic (exact) mass is 486 g/mol. The number of carbonyl (C=O) groups is 1. The van der Waals surface area contributed by atoms with Crippen LogP contribution in [0.2, 0.25) is 5.02 Å². The molecule has 2 aromatic rings. The van der Waals surface area contributed by atoms with E-state index < -0.39 is 31.8 Å². The molecule has 0 spiro atoms. The van der Waals surface area contributed by atoms with Gasteiger partial charge in [-0.3, -0.25) is 4.79 Å². The summed E-state index contributed by atoms with van der Waals surface area (Å²) in [5.41, 5.74) is 0.726. The highest BCUT2D eigenvalue weighted by Crippen LogP contribution is 2.25. The van der Waals surface area contributed by atoms with Crippen molar-refractivity contribution in [2.75, 3.05) is 32.6 Å². The fourth-order valence-electron chi connectivity index (χ4n) is 3.14. The molecular weight excluding hydrogens is 464 g/mol. The smallest absolute Gasteiger partial charge is 0.253 e. The summed E-state index contributed by atoms with van der Waals surface area (Å²) in [5.74, 6) is -0.538. The van der Waals surface area contributed by atoms with Gasteiger partial charge in [-0.25, -0.2) is 16.8 Å².